The fraction of sp³-hybridized carbons (Fsp3) is 0.0952. The zero-order chi connectivity index (χ0) is 17.6. The second-order valence-corrected chi connectivity index (χ2v) is 6.37. The molecule has 0 aliphatic heterocycles. The monoisotopic (exact) mass is 395 g/mol. The lowest BCUT2D eigenvalue weighted by Crippen LogP contribution is -1.97. The predicted octanol–water partition coefficient (Wildman–Crippen LogP) is 5.53. The number of ether oxygens (including phenoxy) is 1. The molecule has 0 fully saturated rings. The molecule has 3 rings (SSSR count). The van der Waals surface area contributed by atoms with Gasteiger partial charge in [0.15, 0.2) is 5.78 Å². The number of hydrogen-bond acceptors (Lipinski definition) is 2. The van der Waals surface area contributed by atoms with Crippen molar-refractivity contribution < 1.29 is 9.53 Å². The van der Waals surface area contributed by atoms with Crippen LogP contribution in [0, 0.1) is 0 Å². The van der Waals surface area contributed by atoms with E-state index in [4.69, 9.17) is 4.74 Å². The number of halogens is 1. The third kappa shape index (κ3) is 4.28. The van der Waals surface area contributed by atoms with Crippen LogP contribution in [0.5, 0.6) is 5.75 Å². The van der Waals surface area contributed by atoms with E-state index in [0.717, 1.165) is 21.5 Å². The average molecular weight is 396 g/mol. The molecule has 25 heavy (non-hydrogen) atoms. The van der Waals surface area contributed by atoms with Gasteiger partial charge in [0.2, 0.25) is 0 Å². The summed E-state index contributed by atoms with van der Waals surface area (Å²) in [5.41, 5.74) is 2.55. The van der Waals surface area contributed by atoms with Crippen molar-refractivity contribution in [3.8, 4) is 11.4 Å². The van der Waals surface area contributed by atoms with Gasteiger partial charge in [-0.3, -0.25) is 4.79 Å². The minimum atomic E-state index is -0.0403. The molecule has 1 aromatic heterocycles. The quantitative estimate of drug-likeness (QED) is 0.405. The normalized spacial score (nSPS) is 11.0. The molecular weight excluding hydrogens is 378 g/mol. The summed E-state index contributed by atoms with van der Waals surface area (Å²) >= 11 is 3.45. The van der Waals surface area contributed by atoms with Gasteiger partial charge in [-0.1, -0.05) is 15.9 Å². The van der Waals surface area contributed by atoms with Gasteiger partial charge < -0.3 is 9.30 Å². The van der Waals surface area contributed by atoms with Crippen molar-refractivity contribution in [3.05, 3.63) is 88.7 Å². The molecule has 0 spiro atoms. The van der Waals surface area contributed by atoms with Crippen LogP contribution in [0.3, 0.4) is 0 Å². The number of aromatic nitrogens is 1. The lowest BCUT2D eigenvalue weighted by Gasteiger charge is -2.07. The number of rotatable bonds is 6. The average Bonchev–Trinajstić information content (AvgIpc) is 3.16. The Kier molecular flexibility index (Phi) is 5.51. The van der Waals surface area contributed by atoms with Crippen molar-refractivity contribution in [1.29, 1.82) is 0 Å². The Bertz CT molecular complexity index is 881. The van der Waals surface area contributed by atoms with E-state index < -0.39 is 0 Å². The molecular formula is C21H18BrNO2. The van der Waals surface area contributed by atoms with Gasteiger partial charge in [0.05, 0.1) is 6.61 Å². The lowest BCUT2D eigenvalue weighted by molar-refractivity contribution is 0.104. The molecule has 1 heterocycles. The Morgan fingerprint density at radius 2 is 1.84 bits per heavy atom. The summed E-state index contributed by atoms with van der Waals surface area (Å²) in [5.74, 6) is 0.721. The molecule has 0 unspecified atom stereocenters. The zero-order valence-corrected chi connectivity index (χ0v) is 15.4. The van der Waals surface area contributed by atoms with Crippen LogP contribution < -0.4 is 4.74 Å². The molecule has 0 amide bonds. The van der Waals surface area contributed by atoms with Gasteiger partial charge in [-0.05, 0) is 73.7 Å². The molecule has 3 nitrogen and oxygen atoms in total. The largest absolute Gasteiger partial charge is 0.493 e. The Morgan fingerprint density at radius 3 is 2.52 bits per heavy atom. The van der Waals surface area contributed by atoms with Crippen LogP contribution in [-0.2, 0) is 0 Å². The van der Waals surface area contributed by atoms with E-state index in [1.165, 1.54) is 0 Å². The summed E-state index contributed by atoms with van der Waals surface area (Å²) in [6.45, 7) is 2.52. The maximum Gasteiger partial charge on any atom is 0.185 e. The highest BCUT2D eigenvalue weighted by Gasteiger charge is 2.05. The van der Waals surface area contributed by atoms with E-state index in [9.17, 15) is 4.79 Å². The predicted molar refractivity (Wildman–Crippen MR) is 104 cm³/mol. The molecule has 126 valence electrons. The number of ketones is 1. The van der Waals surface area contributed by atoms with Crippen molar-refractivity contribution in [3.63, 3.8) is 0 Å². The summed E-state index contributed by atoms with van der Waals surface area (Å²) in [6, 6.07) is 17.2. The van der Waals surface area contributed by atoms with Crippen molar-refractivity contribution in [2.45, 2.75) is 6.92 Å². The Morgan fingerprint density at radius 1 is 1.12 bits per heavy atom. The second-order valence-electron chi connectivity index (χ2n) is 5.45. The standard InChI is InChI=1S/C21H18BrNO2/c1-2-25-21-12-8-18(22)15-17(21)7-11-20(24)16-5-9-19(10-6-16)23-13-3-4-14-23/h3-15H,2H2,1H3/b11-7+. The number of nitrogens with zero attached hydrogens (tertiary/aromatic N) is 1. The second kappa shape index (κ2) is 7.99. The summed E-state index contributed by atoms with van der Waals surface area (Å²) in [7, 11) is 0. The van der Waals surface area contributed by atoms with E-state index in [1.807, 2.05) is 78.5 Å². The Hall–Kier alpha value is -2.59. The van der Waals surface area contributed by atoms with Crippen LogP contribution in [-0.4, -0.2) is 17.0 Å². The van der Waals surface area contributed by atoms with Crippen LogP contribution in [0.1, 0.15) is 22.8 Å². The van der Waals surface area contributed by atoms with Crippen molar-refractivity contribution in [2.75, 3.05) is 6.61 Å². The lowest BCUT2D eigenvalue weighted by atomic mass is 10.1. The highest BCUT2D eigenvalue weighted by Crippen LogP contribution is 2.24. The van der Waals surface area contributed by atoms with E-state index >= 15 is 0 Å². The topological polar surface area (TPSA) is 31.2 Å². The van der Waals surface area contributed by atoms with Gasteiger partial charge in [0.25, 0.3) is 0 Å². The summed E-state index contributed by atoms with van der Waals surface area (Å²) in [5, 5.41) is 0. The molecule has 0 bridgehead atoms. The molecule has 0 aliphatic carbocycles. The minimum Gasteiger partial charge on any atom is -0.493 e. The van der Waals surface area contributed by atoms with E-state index in [-0.39, 0.29) is 5.78 Å². The van der Waals surface area contributed by atoms with Crippen molar-refractivity contribution >= 4 is 27.8 Å². The molecule has 2 aromatic carbocycles. The van der Waals surface area contributed by atoms with Gasteiger partial charge in [-0.2, -0.15) is 0 Å². The molecule has 0 atom stereocenters. The highest BCUT2D eigenvalue weighted by atomic mass is 79.9. The number of carbonyl (C=O) groups excluding carboxylic acids is 1. The SMILES string of the molecule is CCOc1ccc(Br)cc1/C=C/C(=O)c1ccc(-n2cccc2)cc1. The summed E-state index contributed by atoms with van der Waals surface area (Å²) in [4.78, 5) is 12.4. The molecule has 4 heteroatoms. The van der Waals surface area contributed by atoms with Gasteiger partial charge in [-0.15, -0.1) is 0 Å². The van der Waals surface area contributed by atoms with Gasteiger partial charge in [0, 0.05) is 33.7 Å². The molecule has 3 aromatic rings. The number of hydrogen-bond donors (Lipinski definition) is 0. The maximum atomic E-state index is 12.4. The maximum absolute atomic E-state index is 12.4. The number of carbonyl (C=O) groups is 1. The van der Waals surface area contributed by atoms with Crippen LogP contribution >= 0.6 is 15.9 Å². The zero-order valence-electron chi connectivity index (χ0n) is 13.9. The van der Waals surface area contributed by atoms with E-state index in [1.54, 1.807) is 12.2 Å². The Balaban J connectivity index is 1.78. The first kappa shape index (κ1) is 17.2. The third-order valence-electron chi connectivity index (χ3n) is 3.74. The van der Waals surface area contributed by atoms with Gasteiger partial charge in [-0.25, -0.2) is 0 Å². The van der Waals surface area contributed by atoms with Gasteiger partial charge in [0.1, 0.15) is 5.75 Å². The molecule has 0 aliphatic rings. The first-order valence-electron chi connectivity index (χ1n) is 8.05. The van der Waals surface area contributed by atoms with Crippen molar-refractivity contribution in [1.82, 2.24) is 4.57 Å². The fourth-order valence-electron chi connectivity index (χ4n) is 2.50. The molecule has 0 N–H and O–H groups in total. The van der Waals surface area contributed by atoms with Crippen LogP contribution in [0.25, 0.3) is 11.8 Å². The van der Waals surface area contributed by atoms with Crippen LogP contribution in [0.15, 0.2) is 77.5 Å². The minimum absolute atomic E-state index is 0.0403. The van der Waals surface area contributed by atoms with Crippen LogP contribution in [0.4, 0.5) is 0 Å². The summed E-state index contributed by atoms with van der Waals surface area (Å²) in [6.07, 6.45) is 7.31. The number of allylic oxidation sites excluding steroid dienone is 1. The smallest absolute Gasteiger partial charge is 0.185 e. The molecule has 0 saturated carbocycles. The fourth-order valence-corrected chi connectivity index (χ4v) is 2.88. The molecule has 0 radical (unpaired) electrons. The van der Waals surface area contributed by atoms with E-state index in [0.29, 0.717) is 12.2 Å². The van der Waals surface area contributed by atoms with E-state index in [2.05, 4.69) is 15.9 Å². The van der Waals surface area contributed by atoms with Crippen molar-refractivity contribution in [2.24, 2.45) is 0 Å². The van der Waals surface area contributed by atoms with Gasteiger partial charge >= 0.3 is 0 Å². The first-order valence-corrected chi connectivity index (χ1v) is 8.85. The Labute approximate surface area is 155 Å². The highest BCUT2D eigenvalue weighted by molar-refractivity contribution is 9.10. The summed E-state index contributed by atoms with van der Waals surface area (Å²) < 4.78 is 8.54. The third-order valence-corrected chi connectivity index (χ3v) is 4.23. The van der Waals surface area contributed by atoms with Crippen LogP contribution in [0.2, 0.25) is 0 Å². The molecule has 0 saturated heterocycles. The first-order chi connectivity index (χ1) is 12.2. The number of benzene rings is 2.